The SMILES string of the molecule is COc1ccc(C)c(NC(=O)/C(C)=C(\O)[C@@H]2Oc3c(O)ccc4c3[C@@]23CCN(CC2CC2)[C@H](C4)[C@@]3(C)O)c1. The van der Waals surface area contributed by atoms with Crippen LogP contribution in [0.15, 0.2) is 41.7 Å². The number of aromatic hydroxyl groups is 1. The average Bonchev–Trinajstić information content (AvgIpc) is 3.63. The third-order valence-corrected chi connectivity index (χ3v) is 9.41. The maximum absolute atomic E-state index is 13.3. The number of phenolic OH excluding ortho intramolecular Hbond substituents is 1. The van der Waals surface area contributed by atoms with Crippen molar-refractivity contribution in [3.05, 3.63) is 58.4 Å². The van der Waals surface area contributed by atoms with Crippen LogP contribution in [-0.4, -0.2) is 64.1 Å². The van der Waals surface area contributed by atoms with Crippen molar-refractivity contribution in [2.75, 3.05) is 25.5 Å². The summed E-state index contributed by atoms with van der Waals surface area (Å²) in [6.45, 7) is 6.96. The van der Waals surface area contributed by atoms with E-state index >= 15 is 0 Å². The number of likely N-dealkylation sites (tertiary alicyclic amines) is 1. The lowest BCUT2D eigenvalue weighted by Gasteiger charge is -2.59. The number of methoxy groups -OCH3 is 1. The Hall–Kier alpha value is -3.23. The first-order valence-electron chi connectivity index (χ1n) is 13.4. The van der Waals surface area contributed by atoms with E-state index in [0.717, 1.165) is 29.8 Å². The van der Waals surface area contributed by atoms with Crippen molar-refractivity contribution in [3.63, 3.8) is 0 Å². The predicted octanol–water partition coefficient (Wildman–Crippen LogP) is 3.97. The average molecular weight is 521 g/mol. The Morgan fingerprint density at radius 1 is 1.26 bits per heavy atom. The molecule has 4 atom stereocenters. The highest BCUT2D eigenvalue weighted by atomic mass is 16.5. The number of amides is 1. The molecule has 202 valence electrons. The van der Waals surface area contributed by atoms with Crippen LogP contribution in [0.25, 0.3) is 0 Å². The van der Waals surface area contributed by atoms with E-state index in [-0.39, 0.29) is 23.1 Å². The van der Waals surface area contributed by atoms with Gasteiger partial charge in [0.1, 0.15) is 11.5 Å². The smallest absolute Gasteiger partial charge is 0.254 e. The Bertz CT molecular complexity index is 1350. The van der Waals surface area contributed by atoms with E-state index in [1.54, 1.807) is 26.2 Å². The van der Waals surface area contributed by atoms with Crippen molar-refractivity contribution >= 4 is 11.6 Å². The summed E-state index contributed by atoms with van der Waals surface area (Å²) in [6.07, 6.45) is 2.61. The van der Waals surface area contributed by atoms with Gasteiger partial charge in [-0.25, -0.2) is 0 Å². The summed E-state index contributed by atoms with van der Waals surface area (Å²) in [7, 11) is 1.56. The molecule has 2 fully saturated rings. The van der Waals surface area contributed by atoms with Crippen LogP contribution in [0.3, 0.4) is 0 Å². The molecule has 8 heteroatoms. The van der Waals surface area contributed by atoms with Gasteiger partial charge in [-0.05, 0) is 82.2 Å². The van der Waals surface area contributed by atoms with Crippen molar-refractivity contribution < 1.29 is 29.6 Å². The number of carbonyl (C=O) groups is 1. The number of aliphatic hydroxyl groups is 2. The predicted molar refractivity (Wildman–Crippen MR) is 143 cm³/mol. The lowest BCUT2D eigenvalue weighted by atomic mass is 9.53. The highest BCUT2D eigenvalue weighted by Crippen LogP contribution is 2.63. The van der Waals surface area contributed by atoms with Crippen LogP contribution in [0.5, 0.6) is 17.2 Å². The minimum Gasteiger partial charge on any atom is -0.508 e. The van der Waals surface area contributed by atoms with Crippen LogP contribution in [0, 0.1) is 12.8 Å². The van der Waals surface area contributed by atoms with Gasteiger partial charge in [-0.2, -0.15) is 0 Å². The highest BCUT2D eigenvalue weighted by molar-refractivity contribution is 6.04. The van der Waals surface area contributed by atoms with Crippen molar-refractivity contribution in [3.8, 4) is 17.2 Å². The van der Waals surface area contributed by atoms with Gasteiger partial charge in [-0.15, -0.1) is 0 Å². The maximum Gasteiger partial charge on any atom is 0.254 e. The van der Waals surface area contributed by atoms with E-state index < -0.39 is 23.0 Å². The number of benzene rings is 2. The Labute approximate surface area is 222 Å². The van der Waals surface area contributed by atoms with E-state index in [4.69, 9.17) is 9.47 Å². The van der Waals surface area contributed by atoms with E-state index in [1.807, 2.05) is 32.0 Å². The van der Waals surface area contributed by atoms with Gasteiger partial charge in [0.25, 0.3) is 5.91 Å². The molecule has 2 aromatic rings. The van der Waals surface area contributed by atoms with Gasteiger partial charge in [0.15, 0.2) is 17.6 Å². The molecule has 2 aliphatic heterocycles. The highest BCUT2D eigenvalue weighted by Gasteiger charge is 2.69. The summed E-state index contributed by atoms with van der Waals surface area (Å²) in [4.78, 5) is 15.7. The third-order valence-electron chi connectivity index (χ3n) is 9.41. The van der Waals surface area contributed by atoms with Gasteiger partial charge < -0.3 is 30.1 Å². The molecule has 2 heterocycles. The molecule has 2 aromatic carbocycles. The molecule has 4 aliphatic rings. The van der Waals surface area contributed by atoms with Gasteiger partial charge >= 0.3 is 0 Å². The van der Waals surface area contributed by atoms with E-state index in [1.165, 1.54) is 12.8 Å². The third kappa shape index (κ3) is 3.53. The fourth-order valence-corrected chi connectivity index (χ4v) is 6.96. The zero-order chi connectivity index (χ0) is 27.0. The number of carbonyl (C=O) groups excluding carboxylic acids is 1. The molecule has 38 heavy (non-hydrogen) atoms. The van der Waals surface area contributed by atoms with Crippen LogP contribution < -0.4 is 14.8 Å². The molecule has 4 N–H and O–H groups in total. The number of rotatable bonds is 6. The van der Waals surface area contributed by atoms with Crippen LogP contribution >= 0.6 is 0 Å². The molecule has 0 radical (unpaired) electrons. The number of phenols is 1. The molecule has 8 nitrogen and oxygen atoms in total. The maximum atomic E-state index is 13.3. The van der Waals surface area contributed by atoms with Gasteiger partial charge in [0, 0.05) is 29.9 Å². The number of nitrogens with zero attached hydrogens (tertiary/aromatic N) is 1. The summed E-state index contributed by atoms with van der Waals surface area (Å²) in [6, 6.07) is 8.76. The van der Waals surface area contributed by atoms with Crippen molar-refractivity contribution in [1.82, 2.24) is 4.90 Å². The molecular formula is C30H36N2O6. The lowest BCUT2D eigenvalue weighted by molar-refractivity contribution is -0.153. The summed E-state index contributed by atoms with van der Waals surface area (Å²) in [5, 5.41) is 37.6. The molecule has 0 unspecified atom stereocenters. The van der Waals surface area contributed by atoms with Crippen LogP contribution in [0.2, 0.25) is 0 Å². The van der Waals surface area contributed by atoms with Crippen molar-refractivity contribution in [2.24, 2.45) is 5.92 Å². The molecule has 2 bridgehead atoms. The Balaban J connectivity index is 1.40. The van der Waals surface area contributed by atoms with Crippen LogP contribution in [0.1, 0.15) is 49.8 Å². The first-order chi connectivity index (χ1) is 18.1. The zero-order valence-electron chi connectivity index (χ0n) is 22.4. The van der Waals surface area contributed by atoms with Crippen molar-refractivity contribution in [1.29, 1.82) is 0 Å². The Morgan fingerprint density at radius 2 is 2.03 bits per heavy atom. The molecule has 1 amide bonds. The number of aliphatic hydroxyl groups excluding tert-OH is 1. The number of aryl methyl sites for hydroxylation is 1. The van der Waals surface area contributed by atoms with Crippen LogP contribution in [0.4, 0.5) is 5.69 Å². The molecule has 1 saturated carbocycles. The number of hydrogen-bond acceptors (Lipinski definition) is 7. The second kappa shape index (κ2) is 8.64. The number of piperidine rings is 1. The normalized spacial score (nSPS) is 30.2. The fourth-order valence-electron chi connectivity index (χ4n) is 6.96. The summed E-state index contributed by atoms with van der Waals surface area (Å²) in [5.74, 6) is 0.841. The van der Waals surface area contributed by atoms with Gasteiger partial charge in [0.2, 0.25) is 0 Å². The minimum absolute atomic E-state index is 0.0257. The fraction of sp³-hybridized carbons (Fsp3) is 0.500. The molecule has 0 aromatic heterocycles. The number of nitrogens with one attached hydrogen (secondary N) is 1. The second-order valence-corrected chi connectivity index (χ2v) is 11.6. The minimum atomic E-state index is -1.26. The van der Waals surface area contributed by atoms with E-state index in [2.05, 4.69) is 10.2 Å². The number of anilines is 1. The topological polar surface area (TPSA) is 111 Å². The Kier molecular flexibility index (Phi) is 5.70. The monoisotopic (exact) mass is 520 g/mol. The summed E-state index contributed by atoms with van der Waals surface area (Å²) in [5.41, 5.74) is 1.04. The van der Waals surface area contributed by atoms with Gasteiger partial charge in [0.05, 0.1) is 23.7 Å². The molecule has 1 spiro atoms. The zero-order valence-corrected chi connectivity index (χ0v) is 22.4. The quantitative estimate of drug-likeness (QED) is 0.337. The molecular weight excluding hydrogens is 484 g/mol. The van der Waals surface area contributed by atoms with Gasteiger partial charge in [-0.1, -0.05) is 12.1 Å². The molecule has 2 aliphatic carbocycles. The van der Waals surface area contributed by atoms with E-state index in [9.17, 15) is 20.1 Å². The molecule has 1 saturated heterocycles. The van der Waals surface area contributed by atoms with Crippen LogP contribution in [-0.2, 0) is 16.6 Å². The Morgan fingerprint density at radius 3 is 2.74 bits per heavy atom. The summed E-state index contributed by atoms with van der Waals surface area (Å²) >= 11 is 0. The van der Waals surface area contributed by atoms with E-state index in [0.29, 0.717) is 35.9 Å². The molecule has 6 rings (SSSR count). The first-order valence-corrected chi connectivity index (χ1v) is 13.4. The number of hydrogen-bond donors (Lipinski definition) is 4. The van der Waals surface area contributed by atoms with Crippen molar-refractivity contribution in [2.45, 2.75) is 69.6 Å². The lowest BCUT2D eigenvalue weighted by Crippen LogP contribution is -2.73. The number of fused-ring (bicyclic) bond motifs is 1. The second-order valence-electron chi connectivity index (χ2n) is 11.6. The number of ether oxygens (including phenoxy) is 2. The summed E-state index contributed by atoms with van der Waals surface area (Å²) < 4.78 is 11.6. The standard InChI is InChI=1S/C30H36N2O6/c1-16-5-9-20(37-4)14-21(16)31-28(35)17(2)25(34)27-30-11-12-32(15-18-6-7-18)23(29(30,3)36)13-19-8-10-22(33)26(38-27)24(19)30/h5,8-10,14,18,23,27,33-34,36H,6-7,11-13,15H2,1-4H3,(H,31,35)/b25-17-/t23-,27+,29-,30+/m1/s1. The largest absolute Gasteiger partial charge is 0.508 e. The van der Waals surface area contributed by atoms with Gasteiger partial charge in [-0.3, -0.25) is 9.69 Å². The first kappa shape index (κ1) is 25.1.